The van der Waals surface area contributed by atoms with Crippen LogP contribution in [-0.2, 0) is 4.74 Å². The predicted molar refractivity (Wildman–Crippen MR) is 71.0 cm³/mol. The van der Waals surface area contributed by atoms with E-state index in [0.29, 0.717) is 6.04 Å². The topological polar surface area (TPSA) is 38.5 Å². The molecular formula is C14H28N2O. The fraction of sp³-hybridized carbons (Fsp3) is 1.00. The molecule has 1 heterocycles. The summed E-state index contributed by atoms with van der Waals surface area (Å²) in [5.41, 5.74) is 6.27. The van der Waals surface area contributed by atoms with Gasteiger partial charge in [0.05, 0.1) is 12.1 Å². The molecule has 3 heteroatoms. The molecule has 17 heavy (non-hydrogen) atoms. The second-order valence-electron chi connectivity index (χ2n) is 6.07. The second-order valence-corrected chi connectivity index (χ2v) is 6.07. The zero-order valence-corrected chi connectivity index (χ0v) is 11.6. The van der Waals surface area contributed by atoms with Gasteiger partial charge in [-0.15, -0.1) is 0 Å². The first-order valence-corrected chi connectivity index (χ1v) is 7.11. The lowest BCUT2D eigenvalue weighted by Gasteiger charge is -2.51. The maximum atomic E-state index is 6.15. The Morgan fingerprint density at radius 2 is 2.00 bits per heavy atom. The van der Waals surface area contributed by atoms with Crippen LogP contribution in [0.4, 0.5) is 0 Å². The van der Waals surface area contributed by atoms with Gasteiger partial charge in [-0.25, -0.2) is 0 Å². The molecule has 1 saturated heterocycles. The number of nitrogens with two attached hydrogens (primary N) is 1. The highest BCUT2D eigenvalue weighted by Gasteiger charge is 2.50. The average molecular weight is 240 g/mol. The Balaban J connectivity index is 2.18. The van der Waals surface area contributed by atoms with Gasteiger partial charge in [0.2, 0.25) is 0 Å². The molecule has 0 radical (unpaired) electrons. The third-order valence-electron chi connectivity index (χ3n) is 5.03. The Labute approximate surface area is 106 Å². The number of rotatable bonds is 5. The minimum Gasteiger partial charge on any atom is -0.383 e. The average Bonchev–Trinajstić information content (AvgIpc) is 3.14. The molecule has 100 valence electrons. The van der Waals surface area contributed by atoms with E-state index in [0.717, 1.165) is 25.0 Å². The van der Waals surface area contributed by atoms with Crippen LogP contribution < -0.4 is 5.73 Å². The first-order valence-electron chi connectivity index (χ1n) is 7.11. The van der Waals surface area contributed by atoms with E-state index < -0.39 is 0 Å². The molecule has 2 fully saturated rings. The van der Waals surface area contributed by atoms with Gasteiger partial charge in [-0.3, -0.25) is 4.90 Å². The standard InChI is InChI=1S/C14H28N2O/c1-11-5-4-8-16(12(11)2)14(9-15,10-17-3)13-6-7-13/h11-13H,4-10,15H2,1-3H3. The van der Waals surface area contributed by atoms with Gasteiger partial charge in [-0.2, -0.15) is 0 Å². The number of nitrogens with zero attached hydrogens (tertiary/aromatic N) is 1. The van der Waals surface area contributed by atoms with Crippen molar-refractivity contribution in [3.05, 3.63) is 0 Å². The molecule has 2 rings (SSSR count). The highest BCUT2D eigenvalue weighted by molar-refractivity contribution is 5.06. The van der Waals surface area contributed by atoms with Crippen molar-refractivity contribution in [1.29, 1.82) is 0 Å². The molecule has 1 aliphatic carbocycles. The minimum absolute atomic E-state index is 0.114. The first kappa shape index (κ1) is 13.3. The van der Waals surface area contributed by atoms with Crippen molar-refractivity contribution in [2.75, 3.05) is 26.8 Å². The number of piperidine rings is 1. The van der Waals surface area contributed by atoms with Crippen LogP contribution in [0.3, 0.4) is 0 Å². The van der Waals surface area contributed by atoms with Gasteiger partial charge >= 0.3 is 0 Å². The van der Waals surface area contributed by atoms with E-state index in [9.17, 15) is 0 Å². The van der Waals surface area contributed by atoms with Crippen LogP contribution in [0.15, 0.2) is 0 Å². The third-order valence-corrected chi connectivity index (χ3v) is 5.03. The summed E-state index contributed by atoms with van der Waals surface area (Å²) < 4.78 is 5.51. The number of hydrogen-bond donors (Lipinski definition) is 1. The van der Waals surface area contributed by atoms with E-state index in [4.69, 9.17) is 10.5 Å². The smallest absolute Gasteiger partial charge is 0.0661 e. The quantitative estimate of drug-likeness (QED) is 0.797. The monoisotopic (exact) mass is 240 g/mol. The summed E-state index contributed by atoms with van der Waals surface area (Å²) in [6.45, 7) is 7.47. The van der Waals surface area contributed by atoms with Crippen LogP contribution in [0.2, 0.25) is 0 Å². The molecule has 0 spiro atoms. The molecule has 0 aromatic heterocycles. The lowest BCUT2D eigenvalue weighted by Crippen LogP contribution is -2.63. The molecule has 1 aliphatic heterocycles. The van der Waals surface area contributed by atoms with Crippen LogP contribution in [0.1, 0.15) is 39.5 Å². The zero-order chi connectivity index (χ0) is 12.5. The molecular weight excluding hydrogens is 212 g/mol. The molecule has 2 N–H and O–H groups in total. The third kappa shape index (κ3) is 2.38. The molecule has 1 saturated carbocycles. The van der Waals surface area contributed by atoms with Crippen molar-refractivity contribution in [2.24, 2.45) is 17.6 Å². The highest BCUT2D eigenvalue weighted by Crippen LogP contribution is 2.45. The fourth-order valence-corrected chi connectivity index (χ4v) is 3.61. The summed E-state index contributed by atoms with van der Waals surface area (Å²) in [5.74, 6) is 1.55. The summed E-state index contributed by atoms with van der Waals surface area (Å²) in [4.78, 5) is 2.67. The fourth-order valence-electron chi connectivity index (χ4n) is 3.61. The Bertz CT molecular complexity index is 255. The lowest BCUT2D eigenvalue weighted by molar-refractivity contribution is -0.0513. The van der Waals surface area contributed by atoms with E-state index in [1.807, 2.05) is 7.11 Å². The Morgan fingerprint density at radius 1 is 1.29 bits per heavy atom. The number of likely N-dealkylation sites (tertiary alicyclic amines) is 1. The first-order chi connectivity index (χ1) is 8.15. The van der Waals surface area contributed by atoms with Crippen LogP contribution in [-0.4, -0.2) is 43.3 Å². The van der Waals surface area contributed by atoms with E-state index in [-0.39, 0.29) is 5.54 Å². The maximum absolute atomic E-state index is 6.15. The van der Waals surface area contributed by atoms with Crippen molar-refractivity contribution in [1.82, 2.24) is 4.90 Å². The van der Waals surface area contributed by atoms with E-state index in [1.165, 1.54) is 32.2 Å². The van der Waals surface area contributed by atoms with Crippen molar-refractivity contribution in [3.8, 4) is 0 Å². The van der Waals surface area contributed by atoms with E-state index in [1.54, 1.807) is 0 Å². The van der Waals surface area contributed by atoms with Crippen LogP contribution in [0.25, 0.3) is 0 Å². The normalized spacial score (nSPS) is 34.6. The molecule has 3 nitrogen and oxygen atoms in total. The Morgan fingerprint density at radius 3 is 2.53 bits per heavy atom. The van der Waals surface area contributed by atoms with E-state index >= 15 is 0 Å². The second kappa shape index (κ2) is 5.25. The van der Waals surface area contributed by atoms with Crippen molar-refractivity contribution in [2.45, 2.75) is 51.1 Å². The van der Waals surface area contributed by atoms with Crippen molar-refractivity contribution < 1.29 is 4.74 Å². The molecule has 0 bridgehead atoms. The SMILES string of the molecule is COCC(CN)(C1CC1)N1CCCC(C)C1C. The molecule has 3 atom stereocenters. The summed E-state index contributed by atoms with van der Waals surface area (Å²) in [6.07, 6.45) is 5.33. The van der Waals surface area contributed by atoms with Crippen molar-refractivity contribution >= 4 is 0 Å². The Hall–Kier alpha value is -0.120. The van der Waals surface area contributed by atoms with Crippen molar-refractivity contribution in [3.63, 3.8) is 0 Å². The largest absolute Gasteiger partial charge is 0.383 e. The van der Waals surface area contributed by atoms with Gasteiger partial charge in [0.15, 0.2) is 0 Å². The minimum atomic E-state index is 0.114. The van der Waals surface area contributed by atoms with Gasteiger partial charge in [0, 0.05) is 19.7 Å². The molecule has 2 aliphatic rings. The summed E-state index contributed by atoms with van der Waals surface area (Å²) >= 11 is 0. The molecule has 0 aromatic carbocycles. The van der Waals surface area contributed by atoms with Gasteiger partial charge in [0.25, 0.3) is 0 Å². The summed E-state index contributed by atoms with van der Waals surface area (Å²) in [7, 11) is 1.81. The van der Waals surface area contributed by atoms with Gasteiger partial charge in [0.1, 0.15) is 0 Å². The molecule has 0 amide bonds. The van der Waals surface area contributed by atoms with Gasteiger partial charge in [-0.05, 0) is 51.0 Å². The molecule has 3 unspecified atom stereocenters. The zero-order valence-electron chi connectivity index (χ0n) is 11.6. The number of methoxy groups -OCH3 is 1. The summed E-state index contributed by atoms with van der Waals surface area (Å²) in [6, 6.07) is 0.642. The predicted octanol–water partition coefficient (Wildman–Crippen LogP) is 1.86. The molecule has 0 aromatic rings. The summed E-state index contributed by atoms with van der Waals surface area (Å²) in [5, 5.41) is 0. The van der Waals surface area contributed by atoms with Crippen LogP contribution in [0.5, 0.6) is 0 Å². The maximum Gasteiger partial charge on any atom is 0.0661 e. The number of hydrogen-bond acceptors (Lipinski definition) is 3. The van der Waals surface area contributed by atoms with E-state index in [2.05, 4.69) is 18.7 Å². The van der Waals surface area contributed by atoms with Gasteiger partial charge < -0.3 is 10.5 Å². The van der Waals surface area contributed by atoms with Crippen LogP contribution >= 0.6 is 0 Å². The number of ether oxygens (including phenoxy) is 1. The Kier molecular flexibility index (Phi) is 4.11. The van der Waals surface area contributed by atoms with Gasteiger partial charge in [-0.1, -0.05) is 6.92 Å². The highest BCUT2D eigenvalue weighted by atomic mass is 16.5. The van der Waals surface area contributed by atoms with Crippen LogP contribution in [0, 0.1) is 11.8 Å². The lowest BCUT2D eigenvalue weighted by atomic mass is 9.83.